The van der Waals surface area contributed by atoms with Gasteiger partial charge in [0.15, 0.2) is 0 Å². The van der Waals surface area contributed by atoms with Crippen molar-refractivity contribution in [3.05, 3.63) is 39.4 Å². The summed E-state index contributed by atoms with van der Waals surface area (Å²) in [6.45, 7) is 4.47. The van der Waals surface area contributed by atoms with E-state index < -0.39 is 0 Å². The molecule has 5 nitrogen and oxygen atoms in total. The van der Waals surface area contributed by atoms with Crippen LogP contribution < -0.4 is 5.73 Å². The van der Waals surface area contributed by atoms with Gasteiger partial charge in [-0.05, 0) is 31.9 Å². The molecule has 1 aromatic rings. The van der Waals surface area contributed by atoms with Crippen LogP contribution in [0.1, 0.15) is 24.0 Å². The Morgan fingerprint density at radius 1 is 1.56 bits per heavy atom. The lowest BCUT2D eigenvalue weighted by Crippen LogP contribution is -2.42. The van der Waals surface area contributed by atoms with Crippen LogP contribution in [0.25, 0.3) is 0 Å². The maximum atomic E-state index is 10.9. The van der Waals surface area contributed by atoms with Gasteiger partial charge in [0.2, 0.25) is 0 Å². The quantitative estimate of drug-likeness (QED) is 0.655. The summed E-state index contributed by atoms with van der Waals surface area (Å²) >= 11 is 0. The lowest BCUT2D eigenvalue weighted by Gasteiger charge is -2.30. The summed E-state index contributed by atoms with van der Waals surface area (Å²) in [5.74, 6) is 0. The van der Waals surface area contributed by atoms with Crippen LogP contribution in [0.2, 0.25) is 0 Å². The van der Waals surface area contributed by atoms with Crippen molar-refractivity contribution < 1.29 is 4.92 Å². The molecule has 2 rings (SSSR count). The highest BCUT2D eigenvalue weighted by atomic mass is 16.6. The fraction of sp³-hybridized carbons (Fsp3) is 0.538. The molecule has 0 aliphatic carbocycles. The molecule has 1 fully saturated rings. The number of rotatable bonds is 3. The number of hydrogen-bond donors (Lipinski definition) is 1. The highest BCUT2D eigenvalue weighted by molar-refractivity contribution is 5.44. The standard InChI is InChI=1S/C13H19N3O2/c1-10-11(4-2-6-13(10)16(17)18)8-15-7-3-5-12(14)9-15/h2,4,6,12H,3,5,7-9,14H2,1H3. The van der Waals surface area contributed by atoms with Crippen LogP contribution in [-0.2, 0) is 6.54 Å². The van der Waals surface area contributed by atoms with Gasteiger partial charge in [0.25, 0.3) is 5.69 Å². The molecule has 0 aromatic heterocycles. The zero-order valence-corrected chi connectivity index (χ0v) is 10.6. The first-order valence-electron chi connectivity index (χ1n) is 6.28. The van der Waals surface area contributed by atoms with Gasteiger partial charge in [0, 0.05) is 30.8 Å². The third-order valence-electron chi connectivity index (χ3n) is 3.55. The molecule has 1 unspecified atom stereocenters. The summed E-state index contributed by atoms with van der Waals surface area (Å²) in [6.07, 6.45) is 2.18. The van der Waals surface area contributed by atoms with Crippen LogP contribution in [0.3, 0.4) is 0 Å². The molecule has 1 aromatic carbocycles. The van der Waals surface area contributed by atoms with E-state index in [9.17, 15) is 10.1 Å². The number of benzene rings is 1. The highest BCUT2D eigenvalue weighted by Crippen LogP contribution is 2.23. The molecular formula is C13H19N3O2. The molecule has 1 aliphatic rings. The van der Waals surface area contributed by atoms with E-state index in [4.69, 9.17) is 5.73 Å². The summed E-state index contributed by atoms with van der Waals surface area (Å²) in [5, 5.41) is 10.9. The van der Waals surface area contributed by atoms with Crippen molar-refractivity contribution in [2.24, 2.45) is 5.73 Å². The van der Waals surface area contributed by atoms with Crippen molar-refractivity contribution in [1.29, 1.82) is 0 Å². The fourth-order valence-electron chi connectivity index (χ4n) is 2.51. The zero-order valence-electron chi connectivity index (χ0n) is 10.6. The maximum absolute atomic E-state index is 10.9. The molecule has 0 spiro atoms. The first-order chi connectivity index (χ1) is 8.58. The number of hydrogen-bond acceptors (Lipinski definition) is 4. The first-order valence-corrected chi connectivity index (χ1v) is 6.28. The summed E-state index contributed by atoms with van der Waals surface area (Å²) < 4.78 is 0. The van der Waals surface area contributed by atoms with Crippen molar-refractivity contribution in [3.8, 4) is 0 Å². The van der Waals surface area contributed by atoms with Crippen LogP contribution in [0, 0.1) is 17.0 Å². The van der Waals surface area contributed by atoms with Crippen LogP contribution in [-0.4, -0.2) is 29.0 Å². The van der Waals surface area contributed by atoms with Gasteiger partial charge in [-0.1, -0.05) is 12.1 Å². The average Bonchev–Trinajstić information content (AvgIpc) is 2.31. The number of nitrogens with two attached hydrogens (primary N) is 1. The van der Waals surface area contributed by atoms with Crippen molar-refractivity contribution in [2.75, 3.05) is 13.1 Å². The van der Waals surface area contributed by atoms with E-state index in [1.54, 1.807) is 12.1 Å². The van der Waals surface area contributed by atoms with E-state index in [2.05, 4.69) is 4.90 Å². The largest absolute Gasteiger partial charge is 0.327 e. The molecule has 0 amide bonds. The van der Waals surface area contributed by atoms with E-state index >= 15 is 0 Å². The average molecular weight is 249 g/mol. The van der Waals surface area contributed by atoms with Gasteiger partial charge in [-0.3, -0.25) is 15.0 Å². The van der Waals surface area contributed by atoms with Crippen molar-refractivity contribution in [3.63, 3.8) is 0 Å². The number of likely N-dealkylation sites (tertiary alicyclic amines) is 1. The molecule has 5 heteroatoms. The van der Waals surface area contributed by atoms with Crippen LogP contribution in [0.15, 0.2) is 18.2 Å². The number of nitro benzene ring substituents is 1. The van der Waals surface area contributed by atoms with E-state index in [0.717, 1.165) is 43.6 Å². The Morgan fingerprint density at radius 3 is 3.00 bits per heavy atom. The summed E-state index contributed by atoms with van der Waals surface area (Å²) in [6, 6.07) is 5.51. The Hall–Kier alpha value is -1.46. The number of nitrogens with zero attached hydrogens (tertiary/aromatic N) is 2. The molecule has 1 saturated heterocycles. The SMILES string of the molecule is Cc1c(CN2CCCC(N)C2)cccc1[N+](=O)[O-]. The van der Waals surface area contributed by atoms with Gasteiger partial charge in [-0.15, -0.1) is 0 Å². The second kappa shape index (κ2) is 5.46. The zero-order chi connectivity index (χ0) is 13.1. The van der Waals surface area contributed by atoms with Crippen LogP contribution in [0.4, 0.5) is 5.69 Å². The topological polar surface area (TPSA) is 72.4 Å². The minimum Gasteiger partial charge on any atom is -0.327 e. The molecular weight excluding hydrogens is 230 g/mol. The van der Waals surface area contributed by atoms with Gasteiger partial charge in [0.1, 0.15) is 0 Å². The molecule has 1 aliphatic heterocycles. The third kappa shape index (κ3) is 2.86. The predicted molar refractivity (Wildman–Crippen MR) is 70.3 cm³/mol. The molecule has 1 atom stereocenters. The van der Waals surface area contributed by atoms with E-state index in [1.165, 1.54) is 0 Å². The van der Waals surface area contributed by atoms with Crippen LogP contribution >= 0.6 is 0 Å². The number of piperidine rings is 1. The fourth-order valence-corrected chi connectivity index (χ4v) is 2.51. The summed E-state index contributed by atoms with van der Waals surface area (Å²) in [7, 11) is 0. The molecule has 0 saturated carbocycles. The van der Waals surface area contributed by atoms with E-state index in [1.807, 2.05) is 13.0 Å². The van der Waals surface area contributed by atoms with Crippen molar-refractivity contribution >= 4 is 5.69 Å². The van der Waals surface area contributed by atoms with E-state index in [0.29, 0.717) is 0 Å². The smallest absolute Gasteiger partial charge is 0.272 e. The molecule has 0 radical (unpaired) electrons. The lowest BCUT2D eigenvalue weighted by atomic mass is 10.0. The second-order valence-electron chi connectivity index (χ2n) is 4.96. The Kier molecular flexibility index (Phi) is 3.93. The summed E-state index contributed by atoms with van der Waals surface area (Å²) in [4.78, 5) is 12.8. The minimum atomic E-state index is -0.319. The Bertz CT molecular complexity index is 448. The second-order valence-corrected chi connectivity index (χ2v) is 4.96. The van der Waals surface area contributed by atoms with Crippen molar-refractivity contribution in [2.45, 2.75) is 32.4 Å². The Labute approximate surface area is 107 Å². The third-order valence-corrected chi connectivity index (χ3v) is 3.55. The minimum absolute atomic E-state index is 0.203. The Balaban J connectivity index is 2.14. The maximum Gasteiger partial charge on any atom is 0.272 e. The Morgan fingerprint density at radius 2 is 2.33 bits per heavy atom. The van der Waals surface area contributed by atoms with Gasteiger partial charge in [-0.25, -0.2) is 0 Å². The monoisotopic (exact) mass is 249 g/mol. The van der Waals surface area contributed by atoms with Gasteiger partial charge >= 0.3 is 0 Å². The normalized spacial score (nSPS) is 20.9. The van der Waals surface area contributed by atoms with Gasteiger partial charge in [-0.2, -0.15) is 0 Å². The molecule has 2 N–H and O–H groups in total. The predicted octanol–water partition coefficient (Wildman–Crippen LogP) is 1.83. The van der Waals surface area contributed by atoms with Gasteiger partial charge < -0.3 is 5.73 Å². The number of nitro groups is 1. The molecule has 1 heterocycles. The first kappa shape index (κ1) is 13.0. The molecule has 0 bridgehead atoms. The highest BCUT2D eigenvalue weighted by Gasteiger charge is 2.19. The summed E-state index contributed by atoms with van der Waals surface area (Å²) in [5.41, 5.74) is 7.94. The molecule has 18 heavy (non-hydrogen) atoms. The van der Waals surface area contributed by atoms with Crippen LogP contribution in [0.5, 0.6) is 0 Å². The lowest BCUT2D eigenvalue weighted by molar-refractivity contribution is -0.385. The van der Waals surface area contributed by atoms with Crippen molar-refractivity contribution in [1.82, 2.24) is 4.90 Å². The molecule has 98 valence electrons. The van der Waals surface area contributed by atoms with E-state index in [-0.39, 0.29) is 16.7 Å². The van der Waals surface area contributed by atoms with Gasteiger partial charge in [0.05, 0.1) is 4.92 Å².